The molecule has 0 aliphatic carbocycles. The van der Waals surface area contributed by atoms with E-state index in [0.717, 1.165) is 6.42 Å². The summed E-state index contributed by atoms with van der Waals surface area (Å²) in [5.74, 6) is 0. The van der Waals surface area contributed by atoms with Crippen molar-refractivity contribution in [3.05, 3.63) is 53.3 Å². The topological polar surface area (TPSA) is 9.23 Å². The molecule has 1 aromatic carbocycles. The Labute approximate surface area is 91.1 Å². The number of rotatable bonds is 2. The van der Waals surface area contributed by atoms with Crippen LogP contribution in [0.4, 0.5) is 0 Å². The Bertz CT molecular complexity index is 413. The van der Waals surface area contributed by atoms with Crippen molar-refractivity contribution in [1.82, 2.24) is 0 Å². The minimum atomic E-state index is 0.682. The van der Waals surface area contributed by atoms with Crippen LogP contribution in [0.3, 0.4) is 0 Å². The Morgan fingerprint density at radius 2 is 2.20 bits per heavy atom. The van der Waals surface area contributed by atoms with E-state index in [-0.39, 0.29) is 0 Å². The first kappa shape index (κ1) is 10.0. The smallest absolute Gasteiger partial charge is 0.106 e. The highest BCUT2D eigenvalue weighted by Crippen LogP contribution is 2.24. The van der Waals surface area contributed by atoms with Crippen LogP contribution in [0, 0.1) is 6.92 Å². The van der Waals surface area contributed by atoms with Gasteiger partial charge in [0.05, 0.1) is 6.26 Å². The molecule has 1 aromatic rings. The third kappa shape index (κ3) is 1.96. The first-order valence-electron chi connectivity index (χ1n) is 5.40. The van der Waals surface area contributed by atoms with E-state index in [1.54, 1.807) is 6.26 Å². The number of ether oxygens (including phenoxy) is 1. The Hall–Kier alpha value is -1.50. The van der Waals surface area contributed by atoms with Crippen LogP contribution >= 0.6 is 0 Å². The lowest BCUT2D eigenvalue weighted by atomic mass is 9.95. The van der Waals surface area contributed by atoms with E-state index in [1.807, 2.05) is 6.08 Å². The van der Waals surface area contributed by atoms with Gasteiger partial charge in [0, 0.05) is 0 Å². The van der Waals surface area contributed by atoms with Gasteiger partial charge in [-0.1, -0.05) is 25.1 Å². The summed E-state index contributed by atoms with van der Waals surface area (Å²) in [6, 6.07) is 6.50. The van der Waals surface area contributed by atoms with Crippen LogP contribution in [0.1, 0.15) is 23.6 Å². The molecule has 0 radical (unpaired) electrons. The number of benzene rings is 1. The molecular formula is C14H16O. The summed E-state index contributed by atoms with van der Waals surface area (Å²) in [6.45, 7) is 5.07. The molecule has 15 heavy (non-hydrogen) atoms. The molecule has 0 unspecified atom stereocenters. The number of hydrogen-bond acceptors (Lipinski definition) is 1. The molecule has 0 spiro atoms. The average molecular weight is 200 g/mol. The second-order valence-corrected chi connectivity index (χ2v) is 3.74. The lowest BCUT2D eigenvalue weighted by molar-refractivity contribution is 0.287. The van der Waals surface area contributed by atoms with Crippen LogP contribution in [0.25, 0.3) is 5.57 Å². The lowest BCUT2D eigenvalue weighted by Crippen LogP contribution is -1.97. The minimum absolute atomic E-state index is 0.682. The average Bonchev–Trinajstić information content (AvgIpc) is 2.30. The van der Waals surface area contributed by atoms with Crippen molar-refractivity contribution in [2.24, 2.45) is 0 Å². The summed E-state index contributed by atoms with van der Waals surface area (Å²) in [5, 5.41) is 0. The zero-order valence-corrected chi connectivity index (χ0v) is 9.29. The van der Waals surface area contributed by atoms with Gasteiger partial charge in [0.25, 0.3) is 0 Å². The van der Waals surface area contributed by atoms with Gasteiger partial charge in [-0.05, 0) is 47.8 Å². The largest absolute Gasteiger partial charge is 0.497 e. The van der Waals surface area contributed by atoms with E-state index in [2.05, 4.69) is 38.1 Å². The summed E-state index contributed by atoms with van der Waals surface area (Å²) in [4.78, 5) is 0. The molecule has 1 aliphatic rings. The molecule has 0 amide bonds. The predicted octanol–water partition coefficient (Wildman–Crippen LogP) is 3.48. The SMILES string of the molecule is CCc1cccc(C2=CCOC=C2)c1C. The molecule has 1 nitrogen and oxygen atoms in total. The van der Waals surface area contributed by atoms with Crippen LogP contribution in [0.2, 0.25) is 0 Å². The van der Waals surface area contributed by atoms with E-state index >= 15 is 0 Å². The van der Waals surface area contributed by atoms with Crippen LogP contribution in [-0.2, 0) is 11.2 Å². The fourth-order valence-corrected chi connectivity index (χ4v) is 1.96. The number of hydrogen-bond donors (Lipinski definition) is 0. The molecule has 0 fully saturated rings. The van der Waals surface area contributed by atoms with E-state index in [4.69, 9.17) is 4.74 Å². The molecule has 78 valence electrons. The second-order valence-electron chi connectivity index (χ2n) is 3.74. The van der Waals surface area contributed by atoms with Gasteiger partial charge >= 0.3 is 0 Å². The van der Waals surface area contributed by atoms with Gasteiger partial charge in [0.2, 0.25) is 0 Å². The van der Waals surface area contributed by atoms with Gasteiger partial charge in [-0.15, -0.1) is 0 Å². The summed E-state index contributed by atoms with van der Waals surface area (Å²) in [6.07, 6.45) is 7.02. The monoisotopic (exact) mass is 200 g/mol. The molecule has 0 bridgehead atoms. The Kier molecular flexibility index (Phi) is 2.91. The maximum atomic E-state index is 5.16. The Balaban J connectivity index is 2.44. The minimum Gasteiger partial charge on any atom is -0.497 e. The van der Waals surface area contributed by atoms with E-state index < -0.39 is 0 Å². The highest BCUT2D eigenvalue weighted by Gasteiger charge is 2.06. The number of allylic oxidation sites excluding steroid dienone is 2. The molecular weight excluding hydrogens is 184 g/mol. The summed E-state index contributed by atoms with van der Waals surface area (Å²) < 4.78 is 5.16. The van der Waals surface area contributed by atoms with Crippen molar-refractivity contribution < 1.29 is 4.74 Å². The van der Waals surface area contributed by atoms with E-state index in [1.165, 1.54) is 22.3 Å². The molecule has 0 N–H and O–H groups in total. The second kappa shape index (κ2) is 4.35. The first-order valence-corrected chi connectivity index (χ1v) is 5.40. The molecule has 2 rings (SSSR count). The number of aryl methyl sites for hydroxylation is 1. The zero-order chi connectivity index (χ0) is 10.7. The maximum absolute atomic E-state index is 5.16. The van der Waals surface area contributed by atoms with Gasteiger partial charge in [-0.2, -0.15) is 0 Å². The Morgan fingerprint density at radius 3 is 2.87 bits per heavy atom. The van der Waals surface area contributed by atoms with Crippen molar-refractivity contribution in [2.75, 3.05) is 6.61 Å². The third-order valence-corrected chi connectivity index (χ3v) is 2.88. The van der Waals surface area contributed by atoms with Crippen molar-refractivity contribution in [2.45, 2.75) is 20.3 Å². The standard InChI is InChI=1S/C14H16O/c1-3-12-5-4-6-14(11(12)2)13-7-9-15-10-8-13/h4-9H,3,10H2,1-2H3. The highest BCUT2D eigenvalue weighted by atomic mass is 16.5. The van der Waals surface area contributed by atoms with Gasteiger partial charge in [0.15, 0.2) is 0 Å². The lowest BCUT2D eigenvalue weighted by Gasteiger charge is -2.13. The summed E-state index contributed by atoms with van der Waals surface area (Å²) in [7, 11) is 0. The third-order valence-electron chi connectivity index (χ3n) is 2.88. The zero-order valence-electron chi connectivity index (χ0n) is 9.29. The van der Waals surface area contributed by atoms with Crippen LogP contribution in [0.15, 0.2) is 36.6 Å². The fraction of sp³-hybridized carbons (Fsp3) is 0.286. The van der Waals surface area contributed by atoms with Crippen LogP contribution in [0.5, 0.6) is 0 Å². The van der Waals surface area contributed by atoms with Gasteiger partial charge in [-0.3, -0.25) is 0 Å². The van der Waals surface area contributed by atoms with Crippen molar-refractivity contribution in [3.8, 4) is 0 Å². The summed E-state index contributed by atoms with van der Waals surface area (Å²) in [5.41, 5.74) is 5.41. The van der Waals surface area contributed by atoms with Crippen LogP contribution < -0.4 is 0 Å². The molecule has 1 heteroatoms. The maximum Gasteiger partial charge on any atom is 0.106 e. The van der Waals surface area contributed by atoms with Crippen molar-refractivity contribution in [1.29, 1.82) is 0 Å². The first-order chi connectivity index (χ1) is 7.33. The normalized spacial score (nSPS) is 14.7. The van der Waals surface area contributed by atoms with Crippen molar-refractivity contribution in [3.63, 3.8) is 0 Å². The van der Waals surface area contributed by atoms with Gasteiger partial charge in [-0.25, -0.2) is 0 Å². The molecule has 0 aromatic heterocycles. The predicted molar refractivity (Wildman–Crippen MR) is 63.6 cm³/mol. The fourth-order valence-electron chi connectivity index (χ4n) is 1.96. The summed E-state index contributed by atoms with van der Waals surface area (Å²) >= 11 is 0. The van der Waals surface area contributed by atoms with E-state index in [0.29, 0.717) is 6.61 Å². The molecule has 1 heterocycles. The van der Waals surface area contributed by atoms with Gasteiger partial charge in [0.1, 0.15) is 6.61 Å². The van der Waals surface area contributed by atoms with Crippen molar-refractivity contribution >= 4 is 5.57 Å². The molecule has 1 aliphatic heterocycles. The highest BCUT2D eigenvalue weighted by molar-refractivity contribution is 5.76. The van der Waals surface area contributed by atoms with Crippen LogP contribution in [-0.4, -0.2) is 6.61 Å². The quantitative estimate of drug-likeness (QED) is 0.710. The van der Waals surface area contributed by atoms with E-state index in [9.17, 15) is 0 Å². The Morgan fingerprint density at radius 1 is 1.33 bits per heavy atom. The molecule has 0 saturated heterocycles. The van der Waals surface area contributed by atoms with Gasteiger partial charge < -0.3 is 4.74 Å². The molecule has 0 atom stereocenters. The molecule has 0 saturated carbocycles.